The molecule has 184 valence electrons. The van der Waals surface area contributed by atoms with E-state index in [1.165, 1.54) is 0 Å². The second-order valence-electron chi connectivity index (χ2n) is 10.3. The quantitative estimate of drug-likeness (QED) is 0.448. The predicted molar refractivity (Wildman–Crippen MR) is 133 cm³/mol. The molecule has 4 rings (SSSR count). The van der Waals surface area contributed by atoms with E-state index in [9.17, 15) is 24.6 Å². The zero-order valence-corrected chi connectivity index (χ0v) is 20.3. The molecule has 0 aliphatic heterocycles. The van der Waals surface area contributed by atoms with Crippen molar-refractivity contribution in [3.8, 4) is 0 Å². The molecule has 2 aromatic carbocycles. The Balaban J connectivity index is 1.58. The fourth-order valence-electron chi connectivity index (χ4n) is 5.43. The van der Waals surface area contributed by atoms with Gasteiger partial charge >= 0.3 is 11.9 Å². The van der Waals surface area contributed by atoms with Crippen molar-refractivity contribution < 1.29 is 24.6 Å². The van der Waals surface area contributed by atoms with Crippen molar-refractivity contribution in [3.63, 3.8) is 0 Å². The molecule has 0 radical (unpaired) electrons. The van der Waals surface area contributed by atoms with Crippen molar-refractivity contribution in [2.45, 2.75) is 52.6 Å². The molecule has 3 atom stereocenters. The van der Waals surface area contributed by atoms with Gasteiger partial charge in [-0.3, -0.25) is 9.59 Å². The summed E-state index contributed by atoms with van der Waals surface area (Å²) in [5.41, 5.74) is 1.12. The van der Waals surface area contributed by atoms with Crippen LogP contribution in [-0.2, 0) is 27.3 Å². The molecule has 3 N–H and O–H groups in total. The molecule has 1 aliphatic rings. The third kappa shape index (κ3) is 4.43. The van der Waals surface area contributed by atoms with Crippen LogP contribution < -0.4 is 5.32 Å². The van der Waals surface area contributed by atoms with E-state index in [1.54, 1.807) is 20.8 Å². The minimum atomic E-state index is -1.12. The number of nitrogens with one attached hydrogen (secondary N) is 1. The number of carboxylic acids is 2. The molecule has 7 nitrogen and oxygen atoms in total. The van der Waals surface area contributed by atoms with Crippen LogP contribution in [0.25, 0.3) is 10.9 Å². The molecule has 7 heteroatoms. The molecule has 1 heterocycles. The van der Waals surface area contributed by atoms with Crippen LogP contribution in [0.15, 0.2) is 60.8 Å². The molecule has 35 heavy (non-hydrogen) atoms. The second-order valence-corrected chi connectivity index (χ2v) is 10.3. The Hall–Kier alpha value is -3.61. The van der Waals surface area contributed by atoms with Crippen molar-refractivity contribution in [2.24, 2.45) is 16.7 Å². The van der Waals surface area contributed by atoms with Crippen molar-refractivity contribution >= 4 is 28.7 Å². The van der Waals surface area contributed by atoms with Gasteiger partial charge in [-0.15, -0.1) is 0 Å². The number of aliphatic carboxylic acids is 2. The van der Waals surface area contributed by atoms with E-state index in [0.717, 1.165) is 22.0 Å². The average Bonchev–Trinajstić information content (AvgIpc) is 3.28. The summed E-state index contributed by atoms with van der Waals surface area (Å²) in [7, 11) is 0. The minimum Gasteiger partial charge on any atom is -0.481 e. The third-order valence-electron chi connectivity index (χ3n) is 8.12. The van der Waals surface area contributed by atoms with Crippen molar-refractivity contribution in [1.29, 1.82) is 0 Å². The lowest BCUT2D eigenvalue weighted by molar-refractivity contribution is -0.155. The van der Waals surface area contributed by atoms with Gasteiger partial charge in [-0.05, 0) is 42.4 Å². The Bertz CT molecular complexity index is 1260. The number of para-hydroxylation sites is 1. The second kappa shape index (κ2) is 9.21. The molecular weight excluding hydrogens is 444 g/mol. The third-order valence-corrected chi connectivity index (χ3v) is 8.12. The Morgan fingerprint density at radius 3 is 2.31 bits per heavy atom. The van der Waals surface area contributed by atoms with Crippen LogP contribution in [0.3, 0.4) is 0 Å². The predicted octanol–water partition coefficient (Wildman–Crippen LogP) is 4.33. The number of carbonyl (C=O) groups excluding carboxylic acids is 1. The Morgan fingerprint density at radius 1 is 1.03 bits per heavy atom. The molecule has 1 fully saturated rings. The van der Waals surface area contributed by atoms with Crippen molar-refractivity contribution in [3.05, 3.63) is 71.9 Å². The normalized spacial score (nSPS) is 22.1. The molecule has 1 aromatic heterocycles. The molecule has 0 spiro atoms. The minimum absolute atomic E-state index is 0.132. The maximum Gasteiger partial charge on any atom is 0.326 e. The van der Waals surface area contributed by atoms with E-state index in [2.05, 4.69) is 9.88 Å². The van der Waals surface area contributed by atoms with Crippen LogP contribution in [0.5, 0.6) is 0 Å². The number of benzene rings is 2. The van der Waals surface area contributed by atoms with Gasteiger partial charge < -0.3 is 20.1 Å². The molecule has 0 bridgehead atoms. The van der Waals surface area contributed by atoms with E-state index in [0.29, 0.717) is 19.4 Å². The summed E-state index contributed by atoms with van der Waals surface area (Å²) >= 11 is 0. The number of rotatable bonds is 8. The summed E-state index contributed by atoms with van der Waals surface area (Å²) in [6, 6.07) is 16.7. The highest BCUT2D eigenvalue weighted by Crippen LogP contribution is 2.56. The lowest BCUT2D eigenvalue weighted by atomic mass is 9.65. The Kier molecular flexibility index (Phi) is 6.45. The molecule has 1 saturated carbocycles. The zero-order valence-electron chi connectivity index (χ0n) is 20.3. The summed E-state index contributed by atoms with van der Waals surface area (Å²) in [6.07, 6.45) is 2.87. The molecular formula is C28H32N2O5. The van der Waals surface area contributed by atoms with Gasteiger partial charge in [0.15, 0.2) is 0 Å². The maximum atomic E-state index is 13.2. The van der Waals surface area contributed by atoms with Crippen LogP contribution >= 0.6 is 0 Å². The van der Waals surface area contributed by atoms with E-state index >= 15 is 0 Å². The standard InChI is InChI=1S/C28H32N2O5/c1-27(2)21(13-14-28(27,3)26(34)35)24(31)29-22(25(32)33)15-19-17-30(16-18-9-5-4-6-10-18)23-12-8-7-11-20(19)23/h4-12,17,21-22H,13-16H2,1-3H3,(H,29,31)(H,32,33)(H,34,35). The fourth-order valence-corrected chi connectivity index (χ4v) is 5.43. The van der Waals surface area contributed by atoms with Gasteiger partial charge in [-0.1, -0.05) is 62.4 Å². The first-order chi connectivity index (χ1) is 16.5. The van der Waals surface area contributed by atoms with Gasteiger partial charge in [-0.2, -0.15) is 0 Å². The topological polar surface area (TPSA) is 109 Å². The molecule has 3 unspecified atom stereocenters. The van der Waals surface area contributed by atoms with Crippen LogP contribution in [-0.4, -0.2) is 38.7 Å². The fraction of sp³-hybridized carbons (Fsp3) is 0.393. The maximum absolute atomic E-state index is 13.2. The SMILES string of the molecule is CC1(C(=O)O)CCC(C(=O)NC(Cc2cn(Cc3ccccc3)c3ccccc23)C(=O)O)C1(C)C. The van der Waals surface area contributed by atoms with Gasteiger partial charge in [0, 0.05) is 36.0 Å². The monoisotopic (exact) mass is 476 g/mol. The summed E-state index contributed by atoms with van der Waals surface area (Å²) in [5, 5.41) is 23.4. The Labute approximate surface area is 204 Å². The first-order valence-corrected chi connectivity index (χ1v) is 11.9. The number of hydrogen-bond acceptors (Lipinski definition) is 3. The molecule has 1 amide bonds. The highest BCUT2D eigenvalue weighted by atomic mass is 16.4. The zero-order chi connectivity index (χ0) is 25.4. The summed E-state index contributed by atoms with van der Waals surface area (Å²) < 4.78 is 2.10. The van der Waals surface area contributed by atoms with Gasteiger partial charge in [0.25, 0.3) is 0 Å². The van der Waals surface area contributed by atoms with Crippen LogP contribution in [0, 0.1) is 16.7 Å². The number of hydrogen-bond donors (Lipinski definition) is 3. The number of carboxylic acid groups (broad SMARTS) is 2. The highest BCUT2D eigenvalue weighted by Gasteiger charge is 2.58. The highest BCUT2D eigenvalue weighted by molar-refractivity contribution is 5.89. The van der Waals surface area contributed by atoms with Crippen LogP contribution in [0.1, 0.15) is 44.7 Å². The van der Waals surface area contributed by atoms with Crippen LogP contribution in [0.2, 0.25) is 0 Å². The molecule has 1 aliphatic carbocycles. The first kappa shape index (κ1) is 24.5. The Morgan fingerprint density at radius 2 is 1.69 bits per heavy atom. The number of fused-ring (bicyclic) bond motifs is 1. The number of nitrogens with zero attached hydrogens (tertiary/aromatic N) is 1. The molecule has 0 saturated heterocycles. The first-order valence-electron chi connectivity index (χ1n) is 11.9. The van der Waals surface area contributed by atoms with Gasteiger partial charge in [0.2, 0.25) is 5.91 Å². The van der Waals surface area contributed by atoms with E-state index < -0.39 is 40.6 Å². The summed E-state index contributed by atoms with van der Waals surface area (Å²) in [6.45, 7) is 5.88. The van der Waals surface area contributed by atoms with Gasteiger partial charge in [0.1, 0.15) is 6.04 Å². The van der Waals surface area contributed by atoms with E-state index in [1.807, 2.05) is 60.8 Å². The van der Waals surface area contributed by atoms with E-state index in [4.69, 9.17) is 0 Å². The van der Waals surface area contributed by atoms with Crippen LogP contribution in [0.4, 0.5) is 0 Å². The van der Waals surface area contributed by atoms with E-state index in [-0.39, 0.29) is 6.42 Å². The molecule has 3 aromatic rings. The number of amides is 1. The van der Waals surface area contributed by atoms with Crippen molar-refractivity contribution in [2.75, 3.05) is 0 Å². The lowest BCUT2D eigenvalue weighted by Crippen LogP contribution is -2.49. The largest absolute Gasteiger partial charge is 0.481 e. The smallest absolute Gasteiger partial charge is 0.326 e. The summed E-state index contributed by atoms with van der Waals surface area (Å²) in [4.78, 5) is 37.3. The van der Waals surface area contributed by atoms with Gasteiger partial charge in [-0.25, -0.2) is 4.79 Å². The van der Waals surface area contributed by atoms with Gasteiger partial charge in [0.05, 0.1) is 5.41 Å². The number of carbonyl (C=O) groups is 3. The van der Waals surface area contributed by atoms with Crippen molar-refractivity contribution in [1.82, 2.24) is 9.88 Å². The number of aromatic nitrogens is 1. The summed E-state index contributed by atoms with van der Waals surface area (Å²) in [5.74, 6) is -3.03. The lowest BCUT2D eigenvalue weighted by Gasteiger charge is -2.38. The average molecular weight is 477 g/mol.